The van der Waals surface area contributed by atoms with Crippen LogP contribution in [0.4, 0.5) is 18.0 Å². The van der Waals surface area contributed by atoms with Crippen LogP contribution in [0.1, 0.15) is 106 Å². The van der Waals surface area contributed by atoms with Gasteiger partial charge in [-0.1, -0.05) is 25.0 Å². The maximum atomic E-state index is 13.9. The molecule has 1 atom stereocenters. The van der Waals surface area contributed by atoms with E-state index in [4.69, 9.17) is 14.0 Å². The van der Waals surface area contributed by atoms with E-state index in [1.54, 1.807) is 20.8 Å². The molecule has 2 heterocycles. The third kappa shape index (κ3) is 10.1. The van der Waals surface area contributed by atoms with Crippen LogP contribution in [0.5, 0.6) is 0 Å². The first kappa shape index (κ1) is 39.1. The van der Waals surface area contributed by atoms with E-state index in [9.17, 15) is 31.2 Å². The predicted molar refractivity (Wildman–Crippen MR) is 173 cm³/mol. The molecule has 2 aliphatic rings. The lowest BCUT2D eigenvalue weighted by molar-refractivity contribution is -0.137. The van der Waals surface area contributed by atoms with Crippen LogP contribution in [-0.4, -0.2) is 71.6 Å². The van der Waals surface area contributed by atoms with Gasteiger partial charge in [0.05, 0.1) is 23.3 Å². The number of carbonyl (C=O) groups is 2. The Labute approximate surface area is 278 Å². The van der Waals surface area contributed by atoms with Gasteiger partial charge in [-0.25, -0.2) is 4.79 Å². The zero-order chi connectivity index (χ0) is 35.6. The summed E-state index contributed by atoms with van der Waals surface area (Å²) in [5, 5.41) is 3.11. The third-order valence-electron chi connectivity index (χ3n) is 9.31. The van der Waals surface area contributed by atoms with Gasteiger partial charge >= 0.3 is 29.6 Å². The Kier molecular flexibility index (Phi) is 11.8. The lowest BCUT2D eigenvalue weighted by Crippen LogP contribution is -2.56. The molecule has 1 aromatic rings. The van der Waals surface area contributed by atoms with Gasteiger partial charge in [-0.05, 0) is 105 Å². The zero-order valence-corrected chi connectivity index (χ0v) is 29.9. The van der Waals surface area contributed by atoms with Crippen LogP contribution >= 0.6 is 0 Å². The van der Waals surface area contributed by atoms with Gasteiger partial charge in [-0.3, -0.25) is 4.79 Å². The Balaban J connectivity index is 1.70. The van der Waals surface area contributed by atoms with Crippen LogP contribution in [0, 0.1) is 5.92 Å². The lowest BCUT2D eigenvalue weighted by atomic mass is 9.74. The van der Waals surface area contributed by atoms with Crippen molar-refractivity contribution in [3.05, 3.63) is 35.4 Å². The van der Waals surface area contributed by atoms with Crippen LogP contribution in [0.15, 0.2) is 24.3 Å². The van der Waals surface area contributed by atoms with E-state index < -0.39 is 56.9 Å². The highest BCUT2D eigenvalue weighted by Gasteiger charge is 2.50. The molecule has 2 fully saturated rings. The standard InChI is InChI=1S/C32H51BF3N3O7S/c1-23(40)37-31(9,18-10-11-19-33-45-29(5,6)30(7,8)46-33)25-16-20-38(21-17-25)47(42,43)39(27(41)44-28(2,3)4)22-24-12-14-26(15-13-24)32(34,35)36/h12-15,25H,10-11,16-22H2,1-9H3,(H,37,40). The molecule has 15 heteroatoms. The fourth-order valence-corrected chi connectivity index (χ4v) is 7.53. The molecule has 266 valence electrons. The zero-order valence-electron chi connectivity index (χ0n) is 29.1. The van der Waals surface area contributed by atoms with E-state index >= 15 is 0 Å². The van der Waals surface area contributed by atoms with Crippen molar-refractivity contribution < 1.29 is 45.2 Å². The number of hydrogen-bond donors (Lipinski definition) is 1. The number of alkyl halides is 3. The summed E-state index contributed by atoms with van der Waals surface area (Å²) in [5.41, 5.74) is -3.11. The number of rotatable bonds is 11. The number of unbranched alkanes of at least 4 members (excludes halogenated alkanes) is 1. The summed E-state index contributed by atoms with van der Waals surface area (Å²) in [7, 11) is -4.73. The van der Waals surface area contributed by atoms with Gasteiger partial charge in [0.1, 0.15) is 5.60 Å². The Bertz CT molecular complexity index is 1340. The Morgan fingerprint density at radius 1 is 1.00 bits per heavy atom. The molecule has 0 saturated carbocycles. The fraction of sp³-hybridized carbons (Fsp3) is 0.750. The number of ether oxygens (including phenoxy) is 1. The van der Waals surface area contributed by atoms with Crippen LogP contribution in [0.2, 0.25) is 6.32 Å². The summed E-state index contributed by atoms with van der Waals surface area (Å²) in [6.45, 7) is 15.9. The molecular weight excluding hydrogens is 638 g/mol. The molecule has 10 nitrogen and oxygen atoms in total. The highest BCUT2D eigenvalue weighted by molar-refractivity contribution is 7.87. The number of piperidine rings is 1. The van der Waals surface area contributed by atoms with Gasteiger partial charge < -0.3 is 19.4 Å². The van der Waals surface area contributed by atoms with Gasteiger partial charge in [0.15, 0.2) is 0 Å². The van der Waals surface area contributed by atoms with Crippen molar-refractivity contribution in [2.75, 3.05) is 13.1 Å². The van der Waals surface area contributed by atoms with Crippen molar-refractivity contribution in [1.29, 1.82) is 0 Å². The van der Waals surface area contributed by atoms with Gasteiger partial charge in [-0.15, -0.1) is 0 Å². The summed E-state index contributed by atoms with van der Waals surface area (Å²) >= 11 is 0. The first-order valence-corrected chi connectivity index (χ1v) is 17.6. The fourth-order valence-electron chi connectivity index (χ4n) is 6.04. The smallest absolute Gasteiger partial charge is 0.443 e. The van der Waals surface area contributed by atoms with Gasteiger partial charge in [0.2, 0.25) is 5.91 Å². The molecule has 0 aliphatic carbocycles. The molecule has 0 aromatic heterocycles. The number of benzene rings is 1. The molecule has 2 aliphatic heterocycles. The quantitative estimate of drug-likeness (QED) is 0.207. The van der Waals surface area contributed by atoms with Crippen LogP contribution in [-0.2, 0) is 41.8 Å². The average Bonchev–Trinajstić information content (AvgIpc) is 3.13. The summed E-state index contributed by atoms with van der Waals surface area (Å²) in [6.07, 6.45) is -1.85. The van der Waals surface area contributed by atoms with E-state index in [1.165, 1.54) is 11.2 Å². The number of nitrogens with zero attached hydrogens (tertiary/aromatic N) is 2. The Hall–Kier alpha value is -2.36. The Morgan fingerprint density at radius 2 is 1.53 bits per heavy atom. The number of amides is 2. The summed E-state index contributed by atoms with van der Waals surface area (Å²) in [5.74, 6) is -0.222. The normalized spacial score (nSPS) is 20.5. The van der Waals surface area contributed by atoms with Crippen molar-refractivity contribution in [1.82, 2.24) is 13.9 Å². The molecular formula is C32H51BF3N3O7S. The second kappa shape index (κ2) is 14.2. The van der Waals surface area contributed by atoms with Crippen LogP contribution in [0.25, 0.3) is 0 Å². The molecule has 2 saturated heterocycles. The number of nitrogens with one attached hydrogen (secondary N) is 1. The number of carbonyl (C=O) groups excluding carboxylic acids is 2. The Morgan fingerprint density at radius 3 is 2.00 bits per heavy atom. The van der Waals surface area contributed by atoms with Crippen molar-refractivity contribution in [2.45, 2.75) is 136 Å². The SMILES string of the molecule is CC(=O)NC(C)(CCCCB1OC(C)(C)C(C)(C)O1)C1CCN(S(=O)(=O)N(Cc2ccc(C(F)(F)F)cc2)C(=O)OC(C)(C)C)CC1. The van der Waals surface area contributed by atoms with Crippen molar-refractivity contribution in [2.24, 2.45) is 5.92 Å². The molecule has 3 rings (SSSR count). The van der Waals surface area contributed by atoms with Gasteiger partial charge in [0.25, 0.3) is 0 Å². The molecule has 1 unspecified atom stereocenters. The van der Waals surface area contributed by atoms with Gasteiger partial charge in [0, 0.05) is 25.6 Å². The maximum Gasteiger partial charge on any atom is 0.457 e. The number of halogens is 3. The highest BCUT2D eigenvalue weighted by Crippen LogP contribution is 2.39. The minimum atomic E-state index is -4.56. The molecule has 0 spiro atoms. The molecule has 47 heavy (non-hydrogen) atoms. The molecule has 1 aromatic carbocycles. The van der Waals surface area contributed by atoms with Gasteiger partial charge in [-0.2, -0.15) is 30.2 Å². The summed E-state index contributed by atoms with van der Waals surface area (Å²) < 4.78 is 86.4. The molecule has 2 amide bonds. The second-order valence-electron chi connectivity index (χ2n) is 14.9. The van der Waals surface area contributed by atoms with Crippen LogP contribution < -0.4 is 5.32 Å². The predicted octanol–water partition coefficient (Wildman–Crippen LogP) is 6.56. The summed E-state index contributed by atoms with van der Waals surface area (Å²) in [6, 6.07) is 3.99. The van der Waals surface area contributed by atoms with E-state index in [-0.39, 0.29) is 37.6 Å². The lowest BCUT2D eigenvalue weighted by Gasteiger charge is -2.43. The molecule has 0 radical (unpaired) electrons. The minimum Gasteiger partial charge on any atom is -0.443 e. The second-order valence-corrected chi connectivity index (χ2v) is 16.7. The van der Waals surface area contributed by atoms with E-state index in [2.05, 4.69) is 5.32 Å². The minimum absolute atomic E-state index is 0.0420. The molecule has 0 bridgehead atoms. The summed E-state index contributed by atoms with van der Waals surface area (Å²) in [4.78, 5) is 25.4. The van der Waals surface area contributed by atoms with Crippen molar-refractivity contribution in [3.63, 3.8) is 0 Å². The third-order valence-corrected chi connectivity index (χ3v) is 11.2. The maximum absolute atomic E-state index is 13.9. The van der Waals surface area contributed by atoms with Crippen LogP contribution in [0.3, 0.4) is 0 Å². The van der Waals surface area contributed by atoms with E-state index in [0.29, 0.717) is 29.9 Å². The molecule has 1 N–H and O–H groups in total. The average molecular weight is 690 g/mol. The topological polar surface area (TPSA) is 114 Å². The largest absolute Gasteiger partial charge is 0.457 e. The first-order chi connectivity index (χ1) is 21.4. The van der Waals surface area contributed by atoms with Crippen molar-refractivity contribution >= 4 is 29.3 Å². The van der Waals surface area contributed by atoms with E-state index in [0.717, 1.165) is 37.1 Å². The van der Waals surface area contributed by atoms with Crippen molar-refractivity contribution in [3.8, 4) is 0 Å². The number of hydrogen-bond acceptors (Lipinski definition) is 7. The highest BCUT2D eigenvalue weighted by atomic mass is 32.2. The monoisotopic (exact) mass is 689 g/mol. The van der Waals surface area contributed by atoms with E-state index in [1.807, 2.05) is 34.6 Å². The first-order valence-electron chi connectivity index (χ1n) is 16.2.